The molecule has 18 heavy (non-hydrogen) atoms. The van der Waals surface area contributed by atoms with E-state index in [1.807, 2.05) is 0 Å². The van der Waals surface area contributed by atoms with Crippen LogP contribution in [0.5, 0.6) is 0 Å². The van der Waals surface area contributed by atoms with E-state index in [4.69, 9.17) is 11.6 Å². The van der Waals surface area contributed by atoms with Crippen LogP contribution in [-0.4, -0.2) is 30.1 Å². The van der Waals surface area contributed by atoms with Gasteiger partial charge in [-0.15, -0.1) is 0 Å². The first kappa shape index (κ1) is 13.3. The third kappa shape index (κ3) is 4.29. The Hall–Kier alpha value is -1.10. The largest absolute Gasteiger partial charge is 0.387 e. The van der Waals surface area contributed by atoms with Gasteiger partial charge in [-0.25, -0.2) is 0 Å². The first-order chi connectivity index (χ1) is 8.65. The van der Waals surface area contributed by atoms with Crippen LogP contribution in [0.2, 0.25) is 5.02 Å². The van der Waals surface area contributed by atoms with E-state index in [9.17, 15) is 9.90 Å². The topological polar surface area (TPSA) is 61.4 Å². The van der Waals surface area contributed by atoms with Gasteiger partial charge in [0, 0.05) is 17.6 Å². The van der Waals surface area contributed by atoms with Gasteiger partial charge in [-0.2, -0.15) is 0 Å². The van der Waals surface area contributed by atoms with Gasteiger partial charge < -0.3 is 15.7 Å². The molecule has 1 aromatic rings. The average Bonchev–Trinajstić information content (AvgIpc) is 3.13. The molecule has 0 spiro atoms. The predicted molar refractivity (Wildman–Crippen MR) is 70.4 cm³/mol. The lowest BCUT2D eigenvalue weighted by molar-refractivity contribution is -0.120. The van der Waals surface area contributed by atoms with Crippen molar-refractivity contribution in [1.82, 2.24) is 10.6 Å². The summed E-state index contributed by atoms with van der Waals surface area (Å²) in [6, 6.07) is 7.40. The second kappa shape index (κ2) is 6.18. The number of hydrogen-bond donors (Lipinski definition) is 3. The lowest BCUT2D eigenvalue weighted by atomic mass is 10.1. The van der Waals surface area contributed by atoms with Crippen molar-refractivity contribution in [2.75, 3.05) is 13.1 Å². The van der Waals surface area contributed by atoms with Gasteiger partial charge in [-0.05, 0) is 30.5 Å². The Morgan fingerprint density at radius 3 is 2.67 bits per heavy atom. The molecule has 4 nitrogen and oxygen atoms in total. The summed E-state index contributed by atoms with van der Waals surface area (Å²) in [5.41, 5.74) is 0.787. The van der Waals surface area contributed by atoms with E-state index < -0.39 is 6.10 Å². The predicted octanol–water partition coefficient (Wildman–Crippen LogP) is 1.24. The summed E-state index contributed by atoms with van der Waals surface area (Å²) < 4.78 is 0. The van der Waals surface area contributed by atoms with Crippen LogP contribution in [0.15, 0.2) is 24.3 Å². The molecule has 0 saturated heterocycles. The normalized spacial score (nSPS) is 16.3. The molecule has 98 valence electrons. The molecule has 1 atom stereocenters. The maximum atomic E-state index is 11.4. The molecule has 0 bridgehead atoms. The third-order valence-electron chi connectivity index (χ3n) is 2.82. The molecule has 5 heteroatoms. The number of aliphatic hydroxyl groups excluding tert-OH is 1. The maximum Gasteiger partial charge on any atom is 0.234 e. The van der Waals surface area contributed by atoms with Gasteiger partial charge in [0.1, 0.15) is 0 Å². The highest BCUT2D eigenvalue weighted by Gasteiger charge is 2.22. The number of amides is 1. The number of nitrogens with one attached hydrogen (secondary N) is 2. The molecule has 1 amide bonds. The molecule has 0 radical (unpaired) electrons. The summed E-state index contributed by atoms with van der Waals surface area (Å²) in [4.78, 5) is 11.4. The minimum atomic E-state index is -0.629. The highest BCUT2D eigenvalue weighted by atomic mass is 35.5. The number of hydrogen-bond acceptors (Lipinski definition) is 3. The Labute approximate surface area is 111 Å². The maximum absolute atomic E-state index is 11.4. The second-order valence-electron chi connectivity index (χ2n) is 4.54. The van der Waals surface area contributed by atoms with Crippen LogP contribution in [0.25, 0.3) is 0 Å². The smallest absolute Gasteiger partial charge is 0.234 e. The quantitative estimate of drug-likeness (QED) is 0.728. The van der Waals surface area contributed by atoms with Crippen LogP contribution in [0.1, 0.15) is 24.5 Å². The number of rotatable bonds is 6. The summed E-state index contributed by atoms with van der Waals surface area (Å²) in [5, 5.41) is 16.3. The Bertz CT molecular complexity index is 404. The number of benzene rings is 1. The monoisotopic (exact) mass is 268 g/mol. The van der Waals surface area contributed by atoms with Crippen LogP contribution < -0.4 is 10.6 Å². The van der Waals surface area contributed by atoms with Crippen molar-refractivity contribution in [2.45, 2.75) is 25.0 Å². The molecule has 1 unspecified atom stereocenters. The van der Waals surface area contributed by atoms with Crippen molar-refractivity contribution in [3.8, 4) is 0 Å². The lowest BCUT2D eigenvalue weighted by Gasteiger charge is -2.12. The summed E-state index contributed by atoms with van der Waals surface area (Å²) in [6.45, 7) is 0.584. The fourth-order valence-electron chi connectivity index (χ4n) is 1.63. The van der Waals surface area contributed by atoms with E-state index in [0.29, 0.717) is 17.6 Å². The number of halogens is 1. The van der Waals surface area contributed by atoms with Crippen molar-refractivity contribution >= 4 is 17.5 Å². The molecular weight excluding hydrogens is 252 g/mol. The zero-order valence-electron chi connectivity index (χ0n) is 10.0. The third-order valence-corrected chi connectivity index (χ3v) is 3.07. The van der Waals surface area contributed by atoms with Crippen LogP contribution in [0.4, 0.5) is 0 Å². The summed E-state index contributed by atoms with van der Waals surface area (Å²) >= 11 is 5.77. The Morgan fingerprint density at radius 1 is 1.39 bits per heavy atom. The molecule has 0 aliphatic heterocycles. The molecule has 0 heterocycles. The van der Waals surface area contributed by atoms with Crippen molar-refractivity contribution in [2.24, 2.45) is 0 Å². The van der Waals surface area contributed by atoms with E-state index in [1.165, 1.54) is 0 Å². The van der Waals surface area contributed by atoms with Crippen LogP contribution >= 0.6 is 11.6 Å². The summed E-state index contributed by atoms with van der Waals surface area (Å²) in [6.07, 6.45) is 1.54. The SMILES string of the molecule is O=C(CNCC(O)c1ccc(Cl)cc1)NC1CC1. The first-order valence-corrected chi connectivity index (χ1v) is 6.46. The van der Waals surface area contributed by atoms with Gasteiger partial charge in [0.15, 0.2) is 0 Å². The zero-order chi connectivity index (χ0) is 13.0. The molecule has 0 aromatic heterocycles. The molecule has 3 N–H and O–H groups in total. The van der Waals surface area contributed by atoms with Gasteiger partial charge in [0.05, 0.1) is 12.6 Å². The molecular formula is C13H17ClN2O2. The van der Waals surface area contributed by atoms with Crippen LogP contribution in [0.3, 0.4) is 0 Å². The van der Waals surface area contributed by atoms with E-state index in [0.717, 1.165) is 18.4 Å². The average molecular weight is 269 g/mol. The van der Waals surface area contributed by atoms with Crippen molar-refractivity contribution in [3.63, 3.8) is 0 Å². The standard InChI is InChI=1S/C13H17ClN2O2/c14-10-3-1-9(2-4-10)12(17)7-15-8-13(18)16-11-5-6-11/h1-4,11-12,15,17H,5-8H2,(H,16,18). The van der Waals surface area contributed by atoms with Gasteiger partial charge in [-0.1, -0.05) is 23.7 Å². The van der Waals surface area contributed by atoms with Crippen LogP contribution in [-0.2, 0) is 4.79 Å². The molecule has 1 fully saturated rings. The number of carbonyl (C=O) groups is 1. The zero-order valence-corrected chi connectivity index (χ0v) is 10.8. The fourth-order valence-corrected chi connectivity index (χ4v) is 1.76. The second-order valence-corrected chi connectivity index (χ2v) is 4.98. The van der Waals surface area contributed by atoms with Crippen molar-refractivity contribution in [3.05, 3.63) is 34.9 Å². The van der Waals surface area contributed by atoms with E-state index in [-0.39, 0.29) is 12.5 Å². The van der Waals surface area contributed by atoms with E-state index in [2.05, 4.69) is 10.6 Å². The van der Waals surface area contributed by atoms with E-state index in [1.54, 1.807) is 24.3 Å². The van der Waals surface area contributed by atoms with Gasteiger partial charge in [0.25, 0.3) is 0 Å². The highest BCUT2D eigenvalue weighted by molar-refractivity contribution is 6.30. The van der Waals surface area contributed by atoms with E-state index >= 15 is 0 Å². The summed E-state index contributed by atoms with van der Waals surface area (Å²) in [7, 11) is 0. The van der Waals surface area contributed by atoms with Gasteiger partial charge in [-0.3, -0.25) is 4.79 Å². The van der Waals surface area contributed by atoms with Gasteiger partial charge in [0.2, 0.25) is 5.91 Å². The lowest BCUT2D eigenvalue weighted by Crippen LogP contribution is -2.36. The van der Waals surface area contributed by atoms with Crippen molar-refractivity contribution < 1.29 is 9.90 Å². The summed E-state index contributed by atoms with van der Waals surface area (Å²) in [5.74, 6) is -0.0131. The fraction of sp³-hybridized carbons (Fsp3) is 0.462. The minimum absolute atomic E-state index is 0.0131. The molecule has 1 saturated carbocycles. The van der Waals surface area contributed by atoms with Crippen molar-refractivity contribution in [1.29, 1.82) is 0 Å². The Morgan fingerprint density at radius 2 is 2.06 bits per heavy atom. The first-order valence-electron chi connectivity index (χ1n) is 6.09. The minimum Gasteiger partial charge on any atom is -0.387 e. The molecule has 2 rings (SSSR count). The Balaban J connectivity index is 1.68. The highest BCUT2D eigenvalue weighted by Crippen LogP contribution is 2.18. The molecule has 1 aliphatic carbocycles. The molecule has 1 aromatic carbocycles. The molecule has 1 aliphatic rings. The Kier molecular flexibility index (Phi) is 4.58. The number of carbonyl (C=O) groups excluding carboxylic acids is 1. The van der Waals surface area contributed by atoms with Gasteiger partial charge >= 0.3 is 0 Å². The van der Waals surface area contributed by atoms with Crippen LogP contribution in [0, 0.1) is 0 Å². The number of aliphatic hydroxyl groups is 1.